The molecule has 1 saturated heterocycles. The maximum absolute atomic E-state index is 13.5. The Balaban J connectivity index is 1.16. The molecule has 0 bridgehead atoms. The summed E-state index contributed by atoms with van der Waals surface area (Å²) in [5.74, 6) is -4.90. The third-order valence-corrected chi connectivity index (χ3v) is 8.58. The highest BCUT2D eigenvalue weighted by Crippen LogP contribution is 2.34. The molecule has 1 aromatic heterocycles. The number of imide groups is 1. The number of rotatable bonds is 11. The van der Waals surface area contributed by atoms with Gasteiger partial charge in [0.05, 0.1) is 34.0 Å². The van der Waals surface area contributed by atoms with Crippen LogP contribution in [0.4, 0.5) is 5.82 Å². The van der Waals surface area contributed by atoms with Gasteiger partial charge in [0, 0.05) is 0 Å². The van der Waals surface area contributed by atoms with Crippen LogP contribution in [0, 0.1) is 0 Å². The summed E-state index contributed by atoms with van der Waals surface area (Å²) in [5.41, 5.74) is -0.283. The number of carbonyl (C=O) groups is 6. The molecule has 4 atom stereocenters. The summed E-state index contributed by atoms with van der Waals surface area (Å²) in [4.78, 5) is 96.2. The zero-order valence-electron chi connectivity index (χ0n) is 28.6. The van der Waals surface area contributed by atoms with Gasteiger partial charge in [0.1, 0.15) is 19.3 Å². The molecule has 2 aliphatic heterocycles. The number of ether oxygens (including phenoxy) is 4. The van der Waals surface area contributed by atoms with Crippen LogP contribution in [0.25, 0.3) is 0 Å². The number of nitrogens with zero attached hydrogens (tertiary/aromatic N) is 4. The minimum atomic E-state index is -1.59. The number of esters is 3. The number of carbonyl (C=O) groups excluding carboxylic acids is 6. The van der Waals surface area contributed by atoms with Crippen molar-refractivity contribution in [3.8, 4) is 0 Å². The molecule has 0 spiro atoms. The number of benzene rings is 4. The quantitative estimate of drug-likeness (QED) is 0.118. The fourth-order valence-corrected chi connectivity index (χ4v) is 5.95. The van der Waals surface area contributed by atoms with Crippen molar-refractivity contribution in [2.75, 3.05) is 18.5 Å². The van der Waals surface area contributed by atoms with E-state index in [1.807, 2.05) is 0 Å². The van der Waals surface area contributed by atoms with Crippen LogP contribution >= 0.6 is 0 Å². The summed E-state index contributed by atoms with van der Waals surface area (Å²) >= 11 is 0. The molecule has 0 unspecified atom stereocenters. The molecule has 5 aromatic rings. The maximum Gasteiger partial charge on any atom is 0.368 e. The van der Waals surface area contributed by atoms with Gasteiger partial charge >= 0.3 is 23.6 Å². The van der Waals surface area contributed by atoms with Crippen LogP contribution < -0.4 is 11.0 Å². The van der Waals surface area contributed by atoms with E-state index >= 15 is 0 Å². The first-order valence-electron chi connectivity index (χ1n) is 16.8. The first kappa shape index (κ1) is 36.0. The van der Waals surface area contributed by atoms with Gasteiger partial charge < -0.3 is 24.3 Å². The monoisotopic (exact) mass is 743 g/mol. The fraction of sp³-hybridized carbons (Fsp3) is 0.154. The van der Waals surface area contributed by atoms with Crippen LogP contribution in [0.5, 0.6) is 0 Å². The lowest BCUT2D eigenvalue weighted by Gasteiger charge is -2.24. The summed E-state index contributed by atoms with van der Waals surface area (Å²) in [5, 5.41) is 6.45. The number of aromatic nitrogens is 3. The molecule has 16 heteroatoms. The van der Waals surface area contributed by atoms with Crippen molar-refractivity contribution in [3.05, 3.63) is 160 Å². The summed E-state index contributed by atoms with van der Waals surface area (Å²) in [6, 6.07) is 30.0. The highest BCUT2D eigenvalue weighted by Gasteiger charge is 2.52. The van der Waals surface area contributed by atoms with E-state index in [1.165, 1.54) is 48.5 Å². The molecule has 0 saturated carbocycles. The van der Waals surface area contributed by atoms with Gasteiger partial charge in [-0.3, -0.25) is 19.3 Å². The third-order valence-electron chi connectivity index (χ3n) is 8.58. The second kappa shape index (κ2) is 15.7. The number of hydrogen-bond acceptors (Lipinski definition) is 13. The Hall–Kier alpha value is -7.33. The molecule has 3 heterocycles. The van der Waals surface area contributed by atoms with E-state index in [-0.39, 0.29) is 33.6 Å². The van der Waals surface area contributed by atoms with Crippen LogP contribution in [0.2, 0.25) is 0 Å². The minimum absolute atomic E-state index is 0.128. The van der Waals surface area contributed by atoms with Gasteiger partial charge in [0.25, 0.3) is 11.8 Å². The Kier molecular flexibility index (Phi) is 10.3. The molecule has 55 heavy (non-hydrogen) atoms. The van der Waals surface area contributed by atoms with E-state index in [9.17, 15) is 33.6 Å². The first-order valence-corrected chi connectivity index (χ1v) is 16.8. The Morgan fingerprint density at radius 2 is 1.15 bits per heavy atom. The molecule has 0 aliphatic carbocycles. The molecule has 1 N–H and O–H groups in total. The second-order valence-corrected chi connectivity index (χ2v) is 12.2. The van der Waals surface area contributed by atoms with E-state index in [0.29, 0.717) is 4.68 Å². The molecule has 4 aromatic carbocycles. The molecule has 16 nitrogen and oxygen atoms in total. The molecule has 3 amide bonds. The van der Waals surface area contributed by atoms with Crippen molar-refractivity contribution < 1.29 is 47.7 Å². The maximum atomic E-state index is 13.5. The highest BCUT2D eigenvalue weighted by molar-refractivity contribution is 6.22. The summed E-state index contributed by atoms with van der Waals surface area (Å²) in [6.45, 7) is -1.18. The zero-order valence-corrected chi connectivity index (χ0v) is 28.6. The lowest BCUT2D eigenvalue weighted by Crippen LogP contribution is -2.43. The second-order valence-electron chi connectivity index (χ2n) is 12.2. The number of nitrogens with one attached hydrogen (secondary N) is 1. The van der Waals surface area contributed by atoms with Crippen molar-refractivity contribution in [1.29, 1.82) is 0 Å². The lowest BCUT2D eigenvalue weighted by molar-refractivity contribution is -0.116. The van der Waals surface area contributed by atoms with Crippen LogP contribution in [-0.4, -0.2) is 86.8 Å². The lowest BCUT2D eigenvalue weighted by atomic mass is 10.1. The molecule has 1 fully saturated rings. The normalized spacial score (nSPS) is 18.7. The Bertz CT molecular complexity index is 2300. The molecular weight excluding hydrogens is 714 g/mol. The van der Waals surface area contributed by atoms with Crippen LogP contribution in [0.3, 0.4) is 0 Å². The Morgan fingerprint density at radius 1 is 0.655 bits per heavy atom. The van der Waals surface area contributed by atoms with Crippen molar-refractivity contribution in [2.24, 2.45) is 0 Å². The van der Waals surface area contributed by atoms with Gasteiger partial charge in [-0.15, -0.1) is 0 Å². The van der Waals surface area contributed by atoms with Crippen molar-refractivity contribution in [2.45, 2.75) is 24.5 Å². The van der Waals surface area contributed by atoms with E-state index in [4.69, 9.17) is 18.9 Å². The average Bonchev–Trinajstić information content (AvgIpc) is 3.66. The minimum Gasteiger partial charge on any atom is -0.459 e. The van der Waals surface area contributed by atoms with Gasteiger partial charge in [-0.05, 0) is 48.5 Å². The molecule has 276 valence electrons. The summed E-state index contributed by atoms with van der Waals surface area (Å²) in [7, 11) is 0. The topological polar surface area (TPSA) is 202 Å². The fourth-order valence-electron chi connectivity index (χ4n) is 5.95. The van der Waals surface area contributed by atoms with Gasteiger partial charge in [0.2, 0.25) is 5.91 Å². The number of fused-ring (bicyclic) bond motifs is 1. The highest BCUT2D eigenvalue weighted by atomic mass is 16.7. The van der Waals surface area contributed by atoms with Crippen molar-refractivity contribution in [1.82, 2.24) is 19.7 Å². The molecule has 2 aliphatic rings. The zero-order chi connectivity index (χ0) is 38.5. The SMILES string of the molecule is O=C(CN1C(=O)c2ccccc2C1=O)Nc1cnn([C@@H]2O[C@H](COC(=O)c3ccccc3)[C@H](OC(=O)c3ccccc3)[C@@H]2OC(=O)c2ccccc2)c(=O)n1. The predicted octanol–water partition coefficient (Wildman–Crippen LogP) is 3.08. The van der Waals surface area contributed by atoms with Gasteiger partial charge in [0.15, 0.2) is 24.3 Å². The predicted molar refractivity (Wildman–Crippen MR) is 189 cm³/mol. The van der Waals surface area contributed by atoms with Gasteiger partial charge in [-0.2, -0.15) is 14.8 Å². The smallest absolute Gasteiger partial charge is 0.368 e. The molecule has 7 rings (SSSR count). The van der Waals surface area contributed by atoms with Crippen LogP contribution in [-0.2, 0) is 23.7 Å². The third kappa shape index (κ3) is 7.74. The number of anilines is 1. The summed E-state index contributed by atoms with van der Waals surface area (Å²) < 4.78 is 24.1. The first-order chi connectivity index (χ1) is 26.7. The Labute approximate surface area is 311 Å². The van der Waals surface area contributed by atoms with Crippen molar-refractivity contribution in [3.63, 3.8) is 0 Å². The van der Waals surface area contributed by atoms with Crippen LogP contribution in [0.1, 0.15) is 58.0 Å². The average molecular weight is 744 g/mol. The molecular formula is C39H29N5O11. The van der Waals surface area contributed by atoms with E-state index in [2.05, 4.69) is 15.4 Å². The number of amides is 3. The molecule has 0 radical (unpaired) electrons. The standard InChI is InChI=1S/C39H29N5O11/c45-30(21-43-33(46)26-18-10-11-19-27(26)34(43)47)41-29-20-40-44(39(51)42-29)35-32(55-38(50)25-16-8-3-9-17-25)31(54-37(49)24-14-6-2-7-15-24)28(53-35)22-52-36(48)23-12-4-1-5-13-23/h1-20,28,31-32,35H,21-22H2,(H,41,42,45,51)/t28-,31+,32+,35-/m1/s1. The Morgan fingerprint density at radius 3 is 1.67 bits per heavy atom. The van der Waals surface area contributed by atoms with Gasteiger partial charge in [-0.1, -0.05) is 66.7 Å². The largest absolute Gasteiger partial charge is 0.459 e. The van der Waals surface area contributed by atoms with E-state index < -0.39 is 79.0 Å². The number of hydrogen-bond donors (Lipinski definition) is 1. The van der Waals surface area contributed by atoms with E-state index in [0.717, 1.165) is 11.1 Å². The van der Waals surface area contributed by atoms with Crippen molar-refractivity contribution >= 4 is 41.4 Å². The van der Waals surface area contributed by atoms with Gasteiger partial charge in [-0.25, -0.2) is 19.2 Å². The van der Waals surface area contributed by atoms with Crippen LogP contribution in [0.15, 0.2) is 126 Å². The summed E-state index contributed by atoms with van der Waals surface area (Å²) in [6.07, 6.45) is -4.91. The van der Waals surface area contributed by atoms with E-state index in [1.54, 1.807) is 66.7 Å².